The van der Waals surface area contributed by atoms with Crippen LogP contribution in [0.3, 0.4) is 0 Å². The van der Waals surface area contributed by atoms with Crippen LogP contribution in [0, 0.1) is 0 Å². The van der Waals surface area contributed by atoms with Crippen molar-refractivity contribution < 1.29 is 0 Å². The average Bonchev–Trinajstić information content (AvgIpc) is 2.56. The SMILES string of the molecule is CC(C)n1c(SCCC2CCCCN2C)nc2ccccc2c1=O. The summed E-state index contributed by atoms with van der Waals surface area (Å²) in [7, 11) is 2.23. The molecule has 1 unspecified atom stereocenters. The van der Waals surface area contributed by atoms with Gasteiger partial charge in [0.1, 0.15) is 0 Å². The van der Waals surface area contributed by atoms with E-state index < -0.39 is 0 Å². The molecule has 3 rings (SSSR count). The maximum atomic E-state index is 12.8. The maximum Gasteiger partial charge on any atom is 0.262 e. The fraction of sp³-hybridized carbons (Fsp3) is 0.579. The lowest BCUT2D eigenvalue weighted by molar-refractivity contribution is 0.182. The standard InChI is InChI=1S/C19H27N3OS/c1-14(2)22-18(23)16-9-4-5-10-17(16)20-19(22)24-13-11-15-8-6-7-12-21(15)3/h4-5,9-10,14-15H,6-8,11-13H2,1-3H3. The molecule has 1 aliphatic heterocycles. The van der Waals surface area contributed by atoms with Crippen LogP contribution in [-0.2, 0) is 0 Å². The average molecular weight is 346 g/mol. The molecule has 0 N–H and O–H groups in total. The summed E-state index contributed by atoms with van der Waals surface area (Å²) >= 11 is 1.73. The second kappa shape index (κ2) is 7.70. The molecule has 1 aliphatic rings. The number of nitrogens with zero attached hydrogens (tertiary/aromatic N) is 3. The molecule has 0 amide bonds. The predicted molar refractivity (Wildman–Crippen MR) is 102 cm³/mol. The monoisotopic (exact) mass is 345 g/mol. The van der Waals surface area contributed by atoms with Crippen LogP contribution >= 0.6 is 11.8 Å². The Bertz CT molecular complexity index is 756. The van der Waals surface area contributed by atoms with E-state index in [2.05, 4.69) is 25.8 Å². The van der Waals surface area contributed by atoms with E-state index in [0.717, 1.165) is 22.8 Å². The quantitative estimate of drug-likeness (QED) is 0.608. The highest BCUT2D eigenvalue weighted by Gasteiger charge is 2.19. The van der Waals surface area contributed by atoms with E-state index in [1.54, 1.807) is 11.8 Å². The van der Waals surface area contributed by atoms with E-state index in [-0.39, 0.29) is 11.6 Å². The second-order valence-corrected chi connectivity index (χ2v) is 8.01. The van der Waals surface area contributed by atoms with E-state index in [9.17, 15) is 4.79 Å². The molecule has 0 aliphatic carbocycles. The van der Waals surface area contributed by atoms with Gasteiger partial charge in [-0.2, -0.15) is 0 Å². The van der Waals surface area contributed by atoms with Gasteiger partial charge in [0.2, 0.25) is 0 Å². The van der Waals surface area contributed by atoms with Gasteiger partial charge in [-0.15, -0.1) is 0 Å². The number of aromatic nitrogens is 2. The zero-order chi connectivity index (χ0) is 17.1. The molecule has 1 fully saturated rings. The molecule has 24 heavy (non-hydrogen) atoms. The Morgan fingerprint density at radius 2 is 2.08 bits per heavy atom. The molecular weight excluding hydrogens is 318 g/mol. The molecule has 0 saturated carbocycles. The molecule has 2 heterocycles. The third-order valence-electron chi connectivity index (χ3n) is 4.90. The number of benzene rings is 1. The van der Waals surface area contributed by atoms with Crippen LogP contribution < -0.4 is 5.56 Å². The first kappa shape index (κ1) is 17.5. The van der Waals surface area contributed by atoms with Gasteiger partial charge in [0.05, 0.1) is 10.9 Å². The van der Waals surface area contributed by atoms with Crippen molar-refractivity contribution in [2.75, 3.05) is 19.3 Å². The van der Waals surface area contributed by atoms with Crippen LogP contribution in [0.25, 0.3) is 10.9 Å². The summed E-state index contributed by atoms with van der Waals surface area (Å²) in [5.74, 6) is 1.01. The predicted octanol–water partition coefficient (Wildman–Crippen LogP) is 3.94. The van der Waals surface area contributed by atoms with Crippen molar-refractivity contribution in [2.45, 2.75) is 56.8 Å². The van der Waals surface area contributed by atoms with Crippen LogP contribution in [0.5, 0.6) is 0 Å². The van der Waals surface area contributed by atoms with Crippen molar-refractivity contribution in [1.29, 1.82) is 0 Å². The van der Waals surface area contributed by atoms with Gasteiger partial charge in [0.15, 0.2) is 5.16 Å². The zero-order valence-electron chi connectivity index (χ0n) is 14.9. The molecule has 2 aromatic rings. The van der Waals surface area contributed by atoms with Crippen molar-refractivity contribution in [2.24, 2.45) is 0 Å². The number of para-hydroxylation sites is 1. The van der Waals surface area contributed by atoms with Crippen LogP contribution in [0.1, 0.15) is 45.6 Å². The molecular formula is C19H27N3OS. The summed E-state index contributed by atoms with van der Waals surface area (Å²) in [6, 6.07) is 8.44. The van der Waals surface area contributed by atoms with Gasteiger partial charge in [-0.3, -0.25) is 9.36 Å². The molecule has 4 nitrogen and oxygen atoms in total. The first-order valence-electron chi connectivity index (χ1n) is 8.92. The first-order chi connectivity index (χ1) is 11.6. The Hall–Kier alpha value is -1.33. The van der Waals surface area contributed by atoms with E-state index in [1.807, 2.05) is 28.8 Å². The fourth-order valence-electron chi connectivity index (χ4n) is 3.48. The van der Waals surface area contributed by atoms with Crippen LogP contribution in [0.2, 0.25) is 0 Å². The number of hydrogen-bond acceptors (Lipinski definition) is 4. The Morgan fingerprint density at radius 1 is 1.29 bits per heavy atom. The number of hydrogen-bond donors (Lipinski definition) is 0. The summed E-state index contributed by atoms with van der Waals surface area (Å²) in [5.41, 5.74) is 0.879. The number of thioether (sulfide) groups is 1. The van der Waals surface area contributed by atoms with Crippen molar-refractivity contribution >= 4 is 22.7 Å². The van der Waals surface area contributed by atoms with Crippen molar-refractivity contribution in [3.05, 3.63) is 34.6 Å². The van der Waals surface area contributed by atoms with Gasteiger partial charge in [-0.05, 0) is 58.8 Å². The first-order valence-corrected chi connectivity index (χ1v) is 9.91. The van der Waals surface area contributed by atoms with Gasteiger partial charge in [0.25, 0.3) is 5.56 Å². The lowest BCUT2D eigenvalue weighted by Crippen LogP contribution is -2.36. The Balaban J connectivity index is 1.80. The number of piperidine rings is 1. The molecule has 0 radical (unpaired) electrons. The van der Waals surface area contributed by atoms with Gasteiger partial charge >= 0.3 is 0 Å². The highest BCUT2D eigenvalue weighted by atomic mass is 32.2. The van der Waals surface area contributed by atoms with Crippen molar-refractivity contribution in [3.8, 4) is 0 Å². The minimum Gasteiger partial charge on any atom is -0.303 e. The summed E-state index contributed by atoms with van der Waals surface area (Å²) in [6.07, 6.45) is 5.10. The molecule has 1 aromatic carbocycles. The summed E-state index contributed by atoms with van der Waals surface area (Å²) < 4.78 is 1.84. The number of rotatable bonds is 5. The van der Waals surface area contributed by atoms with E-state index >= 15 is 0 Å². The summed E-state index contributed by atoms with van der Waals surface area (Å²) in [4.78, 5) is 20.1. The molecule has 1 saturated heterocycles. The van der Waals surface area contributed by atoms with Gasteiger partial charge in [0, 0.05) is 17.8 Å². The molecule has 0 spiro atoms. The minimum absolute atomic E-state index is 0.0767. The molecule has 5 heteroatoms. The normalized spacial score (nSPS) is 19.2. The summed E-state index contributed by atoms with van der Waals surface area (Å²) in [5, 5.41) is 1.56. The highest BCUT2D eigenvalue weighted by molar-refractivity contribution is 7.99. The minimum atomic E-state index is 0.0767. The zero-order valence-corrected chi connectivity index (χ0v) is 15.7. The van der Waals surface area contributed by atoms with Crippen LogP contribution in [0.15, 0.2) is 34.2 Å². The van der Waals surface area contributed by atoms with E-state index in [4.69, 9.17) is 4.98 Å². The van der Waals surface area contributed by atoms with Crippen molar-refractivity contribution in [3.63, 3.8) is 0 Å². The lowest BCUT2D eigenvalue weighted by Gasteiger charge is -2.32. The summed E-state index contributed by atoms with van der Waals surface area (Å²) in [6.45, 7) is 5.31. The Labute approximate surface area is 148 Å². The van der Waals surface area contributed by atoms with Crippen LogP contribution in [0.4, 0.5) is 0 Å². The molecule has 130 valence electrons. The van der Waals surface area contributed by atoms with Gasteiger partial charge in [-0.25, -0.2) is 4.98 Å². The lowest BCUT2D eigenvalue weighted by atomic mass is 10.0. The Morgan fingerprint density at radius 3 is 2.83 bits per heavy atom. The third kappa shape index (κ3) is 3.67. The Kier molecular flexibility index (Phi) is 5.61. The maximum absolute atomic E-state index is 12.8. The number of likely N-dealkylation sites (tertiary alicyclic amines) is 1. The third-order valence-corrected chi connectivity index (χ3v) is 5.88. The number of fused-ring (bicyclic) bond motifs is 1. The van der Waals surface area contributed by atoms with Gasteiger partial charge in [-0.1, -0.05) is 30.3 Å². The molecule has 1 aromatic heterocycles. The second-order valence-electron chi connectivity index (χ2n) is 6.95. The smallest absolute Gasteiger partial charge is 0.262 e. The van der Waals surface area contributed by atoms with Crippen LogP contribution in [-0.4, -0.2) is 39.8 Å². The highest BCUT2D eigenvalue weighted by Crippen LogP contribution is 2.24. The van der Waals surface area contributed by atoms with Gasteiger partial charge < -0.3 is 4.90 Å². The topological polar surface area (TPSA) is 38.1 Å². The fourth-order valence-corrected chi connectivity index (χ4v) is 4.65. The van der Waals surface area contributed by atoms with E-state index in [0.29, 0.717) is 11.4 Å². The largest absolute Gasteiger partial charge is 0.303 e. The van der Waals surface area contributed by atoms with Crippen molar-refractivity contribution in [1.82, 2.24) is 14.5 Å². The molecule has 0 bridgehead atoms. The molecule has 1 atom stereocenters. The van der Waals surface area contributed by atoms with E-state index in [1.165, 1.54) is 25.8 Å².